The Morgan fingerprint density at radius 3 is 2.37 bits per heavy atom. The monoisotopic (exact) mass is 410 g/mol. The quantitative estimate of drug-likeness (QED) is 0.754. The minimum Gasteiger partial charge on any atom is -0.475 e. The molecule has 10 heteroatoms. The van der Waals surface area contributed by atoms with Crippen molar-refractivity contribution in [2.24, 2.45) is 0 Å². The van der Waals surface area contributed by atoms with Crippen molar-refractivity contribution in [2.45, 2.75) is 45.0 Å². The molecule has 0 aliphatic carbocycles. The van der Waals surface area contributed by atoms with Crippen LogP contribution in [0.1, 0.15) is 31.7 Å². The van der Waals surface area contributed by atoms with E-state index in [0.717, 1.165) is 38.9 Å². The van der Waals surface area contributed by atoms with E-state index in [9.17, 15) is 23.1 Å². The van der Waals surface area contributed by atoms with E-state index in [1.54, 1.807) is 11.3 Å². The lowest BCUT2D eigenvalue weighted by Gasteiger charge is -2.31. The van der Waals surface area contributed by atoms with E-state index in [0.29, 0.717) is 13.1 Å². The molecule has 1 aromatic rings. The van der Waals surface area contributed by atoms with Crippen LogP contribution in [0.15, 0.2) is 16.8 Å². The number of carbonyl (C=O) groups excluding carboxylic acids is 1. The Labute approximate surface area is 160 Å². The Morgan fingerprint density at radius 1 is 1.33 bits per heavy atom. The van der Waals surface area contributed by atoms with Gasteiger partial charge in [-0.15, -0.1) is 0 Å². The van der Waals surface area contributed by atoms with Crippen molar-refractivity contribution in [3.63, 3.8) is 0 Å². The van der Waals surface area contributed by atoms with Crippen LogP contribution < -0.4 is 0 Å². The summed E-state index contributed by atoms with van der Waals surface area (Å²) in [5.41, 5.74) is 1.21. The summed E-state index contributed by atoms with van der Waals surface area (Å²) in [6.45, 7) is 5.76. The smallest absolute Gasteiger partial charge is 0.475 e. The van der Waals surface area contributed by atoms with Crippen LogP contribution in [-0.2, 0) is 16.1 Å². The molecule has 1 saturated heterocycles. The van der Waals surface area contributed by atoms with E-state index < -0.39 is 12.1 Å². The maximum atomic E-state index is 12.4. The third kappa shape index (κ3) is 9.21. The van der Waals surface area contributed by atoms with Gasteiger partial charge >= 0.3 is 12.1 Å². The van der Waals surface area contributed by atoms with Gasteiger partial charge in [0.1, 0.15) is 0 Å². The van der Waals surface area contributed by atoms with Gasteiger partial charge in [-0.25, -0.2) is 4.79 Å². The lowest BCUT2D eigenvalue weighted by Crippen LogP contribution is -2.44. The number of rotatable bonds is 6. The Kier molecular flexibility index (Phi) is 9.75. The van der Waals surface area contributed by atoms with Crippen molar-refractivity contribution in [1.82, 2.24) is 9.80 Å². The van der Waals surface area contributed by atoms with Crippen LogP contribution in [0.3, 0.4) is 0 Å². The summed E-state index contributed by atoms with van der Waals surface area (Å²) in [6, 6.07) is 2.08. The fraction of sp³-hybridized carbons (Fsp3) is 0.647. The number of thiophene rings is 1. The third-order valence-electron chi connectivity index (χ3n) is 3.96. The van der Waals surface area contributed by atoms with Gasteiger partial charge in [-0.2, -0.15) is 24.5 Å². The first-order chi connectivity index (χ1) is 12.6. The second-order valence-corrected chi connectivity index (χ2v) is 7.04. The number of amides is 1. The zero-order chi connectivity index (χ0) is 20.4. The standard InChI is InChI=1S/C15H24N2O2S.C2HF3O2/c1-2-6-17(10-13-5-9-20-12-13)15(19)11-16-7-3-14(18)4-8-16;3-2(4,5)1(6)7/h5,9,12,14,18H,2-4,6-8,10-11H2,1H3;(H,6,7). The Bertz CT molecular complexity index is 573. The van der Waals surface area contributed by atoms with Crippen molar-refractivity contribution in [1.29, 1.82) is 0 Å². The van der Waals surface area contributed by atoms with Crippen LogP contribution in [0.2, 0.25) is 0 Å². The molecule has 0 aromatic carbocycles. The summed E-state index contributed by atoms with van der Waals surface area (Å²) < 4.78 is 31.7. The topological polar surface area (TPSA) is 81.1 Å². The first kappa shape index (κ1) is 23.4. The molecule has 0 spiro atoms. The van der Waals surface area contributed by atoms with E-state index in [4.69, 9.17) is 9.90 Å². The summed E-state index contributed by atoms with van der Waals surface area (Å²) in [4.78, 5) is 25.4. The molecule has 1 aromatic heterocycles. The fourth-order valence-corrected chi connectivity index (χ4v) is 3.19. The van der Waals surface area contributed by atoms with Crippen molar-refractivity contribution in [3.05, 3.63) is 22.4 Å². The van der Waals surface area contributed by atoms with Crippen LogP contribution in [0.25, 0.3) is 0 Å². The molecule has 0 atom stereocenters. The number of carboxylic acid groups (broad SMARTS) is 1. The molecule has 0 bridgehead atoms. The van der Waals surface area contributed by atoms with Crippen LogP contribution in [0.5, 0.6) is 0 Å². The highest BCUT2D eigenvalue weighted by atomic mass is 32.1. The molecule has 1 aliphatic heterocycles. The Morgan fingerprint density at radius 2 is 1.93 bits per heavy atom. The number of likely N-dealkylation sites (tertiary alicyclic amines) is 1. The molecule has 1 aliphatic rings. The molecular formula is C17H25F3N2O4S. The van der Waals surface area contributed by atoms with Crippen molar-refractivity contribution in [3.8, 4) is 0 Å². The predicted molar refractivity (Wildman–Crippen MR) is 95.4 cm³/mol. The first-order valence-electron chi connectivity index (χ1n) is 8.62. The molecule has 154 valence electrons. The number of hydrogen-bond donors (Lipinski definition) is 2. The van der Waals surface area contributed by atoms with Gasteiger partial charge in [0.25, 0.3) is 0 Å². The van der Waals surface area contributed by atoms with Crippen LogP contribution in [0.4, 0.5) is 13.2 Å². The second kappa shape index (κ2) is 11.3. The summed E-state index contributed by atoms with van der Waals surface area (Å²) in [5, 5.41) is 20.8. The van der Waals surface area contributed by atoms with E-state index in [2.05, 4.69) is 28.7 Å². The maximum absolute atomic E-state index is 12.4. The number of aliphatic hydroxyl groups is 1. The molecule has 0 radical (unpaired) electrons. The number of hydrogen-bond acceptors (Lipinski definition) is 5. The van der Waals surface area contributed by atoms with Gasteiger partial charge in [0, 0.05) is 26.2 Å². The van der Waals surface area contributed by atoms with Crippen molar-refractivity contribution in [2.75, 3.05) is 26.2 Å². The Balaban J connectivity index is 0.000000445. The molecule has 2 heterocycles. The number of aliphatic hydroxyl groups excluding tert-OH is 1. The van der Waals surface area contributed by atoms with Gasteiger partial charge in [-0.05, 0) is 41.7 Å². The van der Waals surface area contributed by atoms with Gasteiger partial charge < -0.3 is 15.1 Å². The zero-order valence-electron chi connectivity index (χ0n) is 15.1. The van der Waals surface area contributed by atoms with E-state index in [-0.39, 0.29) is 12.0 Å². The molecule has 6 nitrogen and oxygen atoms in total. The molecule has 2 rings (SSSR count). The molecule has 2 N–H and O–H groups in total. The molecule has 0 saturated carbocycles. The van der Waals surface area contributed by atoms with Gasteiger partial charge in [-0.3, -0.25) is 9.69 Å². The first-order valence-corrected chi connectivity index (χ1v) is 9.57. The summed E-state index contributed by atoms with van der Waals surface area (Å²) >= 11 is 1.67. The van der Waals surface area contributed by atoms with Crippen molar-refractivity contribution < 1.29 is 33.0 Å². The van der Waals surface area contributed by atoms with Gasteiger partial charge in [0.05, 0.1) is 12.6 Å². The molecule has 1 fully saturated rings. The van der Waals surface area contributed by atoms with Gasteiger partial charge in [0.15, 0.2) is 0 Å². The number of aliphatic carboxylic acids is 1. The van der Waals surface area contributed by atoms with E-state index in [1.165, 1.54) is 5.56 Å². The average Bonchev–Trinajstić information content (AvgIpc) is 3.09. The fourth-order valence-electron chi connectivity index (χ4n) is 2.53. The minimum absolute atomic E-state index is 0.182. The molecular weight excluding hydrogens is 385 g/mol. The highest BCUT2D eigenvalue weighted by Gasteiger charge is 2.38. The number of carboxylic acids is 1. The lowest BCUT2D eigenvalue weighted by molar-refractivity contribution is -0.192. The molecule has 27 heavy (non-hydrogen) atoms. The number of halogens is 3. The number of nitrogens with zero attached hydrogens (tertiary/aromatic N) is 2. The zero-order valence-corrected chi connectivity index (χ0v) is 15.9. The number of piperidine rings is 1. The number of alkyl halides is 3. The van der Waals surface area contributed by atoms with Crippen LogP contribution in [-0.4, -0.2) is 70.3 Å². The molecule has 0 unspecified atom stereocenters. The number of carbonyl (C=O) groups is 2. The second-order valence-electron chi connectivity index (χ2n) is 6.26. The van der Waals surface area contributed by atoms with E-state index >= 15 is 0 Å². The average molecular weight is 410 g/mol. The van der Waals surface area contributed by atoms with Crippen molar-refractivity contribution >= 4 is 23.2 Å². The highest BCUT2D eigenvalue weighted by Crippen LogP contribution is 2.14. The summed E-state index contributed by atoms with van der Waals surface area (Å²) in [6.07, 6.45) is -2.72. The predicted octanol–water partition coefficient (Wildman–Crippen LogP) is 2.58. The maximum Gasteiger partial charge on any atom is 0.490 e. The SMILES string of the molecule is CCCN(Cc1ccsc1)C(=O)CN1CCC(O)CC1.O=C(O)C(F)(F)F. The van der Waals surface area contributed by atoms with Crippen LogP contribution >= 0.6 is 11.3 Å². The summed E-state index contributed by atoms with van der Waals surface area (Å²) in [7, 11) is 0. The van der Waals surface area contributed by atoms with Crippen LogP contribution in [0, 0.1) is 0 Å². The Hall–Kier alpha value is -1.65. The molecule has 1 amide bonds. The minimum atomic E-state index is -5.08. The normalized spacial score (nSPS) is 15.7. The lowest BCUT2D eigenvalue weighted by atomic mass is 10.1. The largest absolute Gasteiger partial charge is 0.490 e. The third-order valence-corrected chi connectivity index (χ3v) is 4.69. The van der Waals surface area contributed by atoms with Gasteiger partial charge in [-0.1, -0.05) is 6.92 Å². The summed E-state index contributed by atoms with van der Waals surface area (Å²) in [5.74, 6) is -2.55. The highest BCUT2D eigenvalue weighted by molar-refractivity contribution is 7.07. The van der Waals surface area contributed by atoms with Gasteiger partial charge in [0.2, 0.25) is 5.91 Å². The van der Waals surface area contributed by atoms with E-state index in [1.807, 2.05) is 4.90 Å².